The van der Waals surface area contributed by atoms with Crippen molar-refractivity contribution >= 4 is 5.97 Å². The van der Waals surface area contributed by atoms with Gasteiger partial charge in [0.15, 0.2) is 0 Å². The Balaban J connectivity index is 2.60. The molecule has 0 saturated heterocycles. The Bertz CT molecular complexity index is 435. The molecule has 0 unspecified atom stereocenters. The van der Waals surface area contributed by atoms with Crippen molar-refractivity contribution in [1.82, 2.24) is 4.90 Å². The Labute approximate surface area is 120 Å². The van der Waals surface area contributed by atoms with Gasteiger partial charge in [-0.25, -0.2) is 0 Å². The largest absolute Gasteiger partial charge is 0.496 e. The number of benzene rings is 1. The predicted molar refractivity (Wildman–Crippen MR) is 78.5 cm³/mol. The van der Waals surface area contributed by atoms with Crippen molar-refractivity contribution in [2.75, 3.05) is 27.3 Å². The second-order valence-electron chi connectivity index (χ2n) is 4.64. The Morgan fingerprint density at radius 3 is 2.75 bits per heavy atom. The predicted octanol–water partition coefficient (Wildman–Crippen LogP) is 1.54. The van der Waals surface area contributed by atoms with Gasteiger partial charge in [-0.05, 0) is 31.7 Å². The van der Waals surface area contributed by atoms with Gasteiger partial charge in [-0.15, -0.1) is 0 Å². The number of methoxy groups -OCH3 is 1. The van der Waals surface area contributed by atoms with Crippen molar-refractivity contribution in [3.63, 3.8) is 0 Å². The lowest BCUT2D eigenvalue weighted by Gasteiger charge is -2.18. The van der Waals surface area contributed by atoms with E-state index in [1.54, 1.807) is 7.11 Å². The number of ether oxygens (including phenoxy) is 2. The normalized spacial score (nSPS) is 10.7. The molecule has 2 N–H and O–H groups in total. The maximum atomic E-state index is 11.3. The minimum Gasteiger partial charge on any atom is -0.496 e. The molecule has 0 aliphatic carbocycles. The number of rotatable bonds is 8. The molecule has 0 radical (unpaired) electrons. The van der Waals surface area contributed by atoms with Crippen LogP contribution < -0.4 is 10.5 Å². The van der Waals surface area contributed by atoms with Gasteiger partial charge in [0.25, 0.3) is 0 Å². The van der Waals surface area contributed by atoms with Crippen LogP contribution in [-0.4, -0.2) is 38.2 Å². The van der Waals surface area contributed by atoms with E-state index in [-0.39, 0.29) is 5.97 Å². The monoisotopic (exact) mass is 280 g/mol. The fourth-order valence-corrected chi connectivity index (χ4v) is 1.97. The second-order valence-corrected chi connectivity index (χ2v) is 4.64. The SMILES string of the molecule is CCOC(=O)CCN(C)Cc1cc(CN)ccc1OC. The van der Waals surface area contributed by atoms with Crippen LogP contribution in [0, 0.1) is 0 Å². The first-order chi connectivity index (χ1) is 9.60. The number of carbonyl (C=O) groups is 1. The van der Waals surface area contributed by atoms with Crippen LogP contribution in [0.2, 0.25) is 0 Å². The molecule has 0 heterocycles. The molecule has 1 aromatic rings. The molecule has 1 aromatic carbocycles. The van der Waals surface area contributed by atoms with E-state index in [1.165, 1.54) is 0 Å². The molecular formula is C15H24N2O3. The molecule has 0 aliphatic heterocycles. The molecule has 0 amide bonds. The summed E-state index contributed by atoms with van der Waals surface area (Å²) < 4.78 is 10.3. The lowest BCUT2D eigenvalue weighted by Crippen LogP contribution is -2.22. The number of nitrogens with two attached hydrogens (primary N) is 1. The molecule has 5 nitrogen and oxygen atoms in total. The van der Waals surface area contributed by atoms with E-state index in [0.29, 0.717) is 32.7 Å². The summed E-state index contributed by atoms with van der Waals surface area (Å²) in [5.41, 5.74) is 7.80. The van der Waals surface area contributed by atoms with Gasteiger partial charge in [0.05, 0.1) is 20.1 Å². The Morgan fingerprint density at radius 1 is 1.40 bits per heavy atom. The zero-order valence-corrected chi connectivity index (χ0v) is 12.5. The third-order valence-electron chi connectivity index (χ3n) is 3.02. The zero-order valence-electron chi connectivity index (χ0n) is 12.5. The van der Waals surface area contributed by atoms with E-state index in [0.717, 1.165) is 16.9 Å². The molecular weight excluding hydrogens is 256 g/mol. The van der Waals surface area contributed by atoms with Crippen LogP contribution in [0.5, 0.6) is 5.75 Å². The molecule has 112 valence electrons. The highest BCUT2D eigenvalue weighted by atomic mass is 16.5. The zero-order chi connectivity index (χ0) is 15.0. The van der Waals surface area contributed by atoms with Gasteiger partial charge in [-0.3, -0.25) is 4.79 Å². The number of hydrogen-bond donors (Lipinski definition) is 1. The van der Waals surface area contributed by atoms with Gasteiger partial charge in [0.1, 0.15) is 5.75 Å². The second kappa shape index (κ2) is 8.55. The van der Waals surface area contributed by atoms with Crippen molar-refractivity contribution in [3.8, 4) is 5.75 Å². The highest BCUT2D eigenvalue weighted by Gasteiger charge is 2.09. The Kier molecular flexibility index (Phi) is 7.04. The average Bonchev–Trinajstić information content (AvgIpc) is 2.45. The van der Waals surface area contributed by atoms with Crippen molar-refractivity contribution in [3.05, 3.63) is 29.3 Å². The third-order valence-corrected chi connectivity index (χ3v) is 3.02. The molecule has 0 atom stereocenters. The van der Waals surface area contributed by atoms with Crippen LogP contribution in [0.1, 0.15) is 24.5 Å². The summed E-state index contributed by atoms with van der Waals surface area (Å²) in [7, 11) is 3.62. The van der Waals surface area contributed by atoms with Gasteiger partial charge in [0.2, 0.25) is 0 Å². The number of hydrogen-bond acceptors (Lipinski definition) is 5. The van der Waals surface area contributed by atoms with Gasteiger partial charge >= 0.3 is 5.97 Å². The van der Waals surface area contributed by atoms with Crippen LogP contribution in [0.25, 0.3) is 0 Å². The lowest BCUT2D eigenvalue weighted by molar-refractivity contribution is -0.143. The van der Waals surface area contributed by atoms with E-state index in [1.807, 2.05) is 32.2 Å². The maximum absolute atomic E-state index is 11.3. The molecule has 5 heteroatoms. The molecule has 0 aliphatic rings. The van der Waals surface area contributed by atoms with Gasteiger partial charge in [-0.2, -0.15) is 0 Å². The van der Waals surface area contributed by atoms with E-state index in [9.17, 15) is 4.79 Å². The standard InChI is InChI=1S/C15H24N2O3/c1-4-20-15(18)7-8-17(2)11-13-9-12(10-16)5-6-14(13)19-3/h5-6,9H,4,7-8,10-11,16H2,1-3H3. The quantitative estimate of drug-likeness (QED) is 0.732. The first-order valence-corrected chi connectivity index (χ1v) is 6.80. The fourth-order valence-electron chi connectivity index (χ4n) is 1.97. The average molecular weight is 280 g/mol. The highest BCUT2D eigenvalue weighted by molar-refractivity contribution is 5.69. The third kappa shape index (κ3) is 5.19. The molecule has 0 fully saturated rings. The summed E-state index contributed by atoms with van der Waals surface area (Å²) in [4.78, 5) is 13.4. The Hall–Kier alpha value is -1.59. The molecule has 0 spiro atoms. The lowest BCUT2D eigenvalue weighted by atomic mass is 10.1. The number of nitrogens with zero attached hydrogens (tertiary/aromatic N) is 1. The minimum atomic E-state index is -0.165. The van der Waals surface area contributed by atoms with E-state index in [4.69, 9.17) is 15.2 Å². The summed E-state index contributed by atoms with van der Waals surface area (Å²) in [6, 6.07) is 5.93. The van der Waals surface area contributed by atoms with Gasteiger partial charge in [-0.1, -0.05) is 6.07 Å². The maximum Gasteiger partial charge on any atom is 0.307 e. The van der Waals surface area contributed by atoms with Crippen LogP contribution >= 0.6 is 0 Å². The number of carbonyl (C=O) groups excluding carboxylic acids is 1. The summed E-state index contributed by atoms with van der Waals surface area (Å²) in [5, 5.41) is 0. The van der Waals surface area contributed by atoms with Crippen molar-refractivity contribution in [2.24, 2.45) is 5.73 Å². The summed E-state index contributed by atoms with van der Waals surface area (Å²) >= 11 is 0. The van der Waals surface area contributed by atoms with Crippen LogP contribution in [0.15, 0.2) is 18.2 Å². The molecule has 0 aromatic heterocycles. The van der Waals surface area contributed by atoms with E-state index >= 15 is 0 Å². The van der Waals surface area contributed by atoms with Crippen LogP contribution in [0.3, 0.4) is 0 Å². The molecule has 20 heavy (non-hydrogen) atoms. The molecule has 0 saturated carbocycles. The molecule has 1 rings (SSSR count). The first-order valence-electron chi connectivity index (χ1n) is 6.80. The Morgan fingerprint density at radius 2 is 2.15 bits per heavy atom. The smallest absolute Gasteiger partial charge is 0.307 e. The topological polar surface area (TPSA) is 64.8 Å². The molecule has 0 bridgehead atoms. The minimum absolute atomic E-state index is 0.165. The van der Waals surface area contributed by atoms with E-state index < -0.39 is 0 Å². The fraction of sp³-hybridized carbons (Fsp3) is 0.533. The van der Waals surface area contributed by atoms with Crippen molar-refractivity contribution < 1.29 is 14.3 Å². The van der Waals surface area contributed by atoms with Gasteiger partial charge in [0, 0.05) is 25.2 Å². The van der Waals surface area contributed by atoms with Gasteiger partial charge < -0.3 is 20.1 Å². The van der Waals surface area contributed by atoms with Crippen LogP contribution in [-0.2, 0) is 22.6 Å². The van der Waals surface area contributed by atoms with Crippen molar-refractivity contribution in [1.29, 1.82) is 0 Å². The van der Waals surface area contributed by atoms with Crippen molar-refractivity contribution in [2.45, 2.75) is 26.4 Å². The first kappa shape index (κ1) is 16.5. The summed E-state index contributed by atoms with van der Waals surface area (Å²) in [6.45, 7) is 4.09. The van der Waals surface area contributed by atoms with Crippen LogP contribution in [0.4, 0.5) is 0 Å². The summed E-state index contributed by atoms with van der Waals surface area (Å²) in [6.07, 6.45) is 0.392. The van der Waals surface area contributed by atoms with E-state index in [2.05, 4.69) is 4.90 Å². The summed E-state index contributed by atoms with van der Waals surface area (Å²) in [5.74, 6) is 0.673. The highest BCUT2D eigenvalue weighted by Crippen LogP contribution is 2.21. The number of esters is 1.